The first-order valence-corrected chi connectivity index (χ1v) is 7.17. The maximum absolute atomic E-state index is 11.9. The van der Waals surface area contributed by atoms with Crippen LogP contribution in [0.3, 0.4) is 0 Å². The van der Waals surface area contributed by atoms with Crippen LogP contribution in [-0.2, 0) is 0 Å². The van der Waals surface area contributed by atoms with Gasteiger partial charge < -0.3 is 20.8 Å². The Hall–Kier alpha value is -2.97. The number of urea groups is 1. The molecule has 0 unspecified atom stereocenters. The highest BCUT2D eigenvalue weighted by Gasteiger charge is 2.22. The lowest BCUT2D eigenvalue weighted by Crippen LogP contribution is -2.44. The molecule has 4 N–H and O–H groups in total. The molecule has 8 heteroatoms. The summed E-state index contributed by atoms with van der Waals surface area (Å²) >= 11 is 0. The summed E-state index contributed by atoms with van der Waals surface area (Å²) in [6.45, 7) is -0.500. The van der Waals surface area contributed by atoms with E-state index in [0.717, 1.165) is 0 Å². The topological polar surface area (TPSA) is 125 Å². The number of nitrogens with zero attached hydrogens (tertiary/aromatic N) is 1. The van der Waals surface area contributed by atoms with Crippen molar-refractivity contribution in [2.24, 2.45) is 0 Å². The van der Waals surface area contributed by atoms with E-state index in [9.17, 15) is 25.1 Å². The van der Waals surface area contributed by atoms with Crippen LogP contribution in [0.4, 0.5) is 16.2 Å². The Morgan fingerprint density at radius 3 is 2.29 bits per heavy atom. The van der Waals surface area contributed by atoms with Gasteiger partial charge >= 0.3 is 6.03 Å². The van der Waals surface area contributed by atoms with Crippen LogP contribution in [0.1, 0.15) is 11.7 Å². The lowest BCUT2D eigenvalue weighted by molar-refractivity contribution is -0.384. The highest BCUT2D eigenvalue weighted by atomic mass is 16.6. The van der Waals surface area contributed by atoms with Gasteiger partial charge in [0.05, 0.1) is 17.6 Å². The van der Waals surface area contributed by atoms with Crippen molar-refractivity contribution in [1.29, 1.82) is 0 Å². The fourth-order valence-corrected chi connectivity index (χ4v) is 2.11. The van der Waals surface area contributed by atoms with E-state index in [1.54, 1.807) is 30.3 Å². The Kier molecular flexibility index (Phi) is 5.83. The highest BCUT2D eigenvalue weighted by Crippen LogP contribution is 2.20. The summed E-state index contributed by atoms with van der Waals surface area (Å²) in [6.07, 6.45) is -1.21. The van der Waals surface area contributed by atoms with E-state index in [0.29, 0.717) is 11.3 Å². The lowest BCUT2D eigenvalue weighted by atomic mass is 10.0. The van der Waals surface area contributed by atoms with Crippen LogP contribution in [-0.4, -0.2) is 33.8 Å². The van der Waals surface area contributed by atoms with Gasteiger partial charge in [0.2, 0.25) is 0 Å². The molecule has 2 rings (SSSR count). The summed E-state index contributed by atoms with van der Waals surface area (Å²) in [5, 5.41) is 35.3. The second kappa shape index (κ2) is 8.04. The van der Waals surface area contributed by atoms with Crippen LogP contribution < -0.4 is 10.6 Å². The van der Waals surface area contributed by atoms with E-state index in [1.165, 1.54) is 24.3 Å². The molecule has 0 fully saturated rings. The molecule has 0 spiro atoms. The molecule has 2 atom stereocenters. The number of nitrogens with one attached hydrogen (secondary N) is 2. The van der Waals surface area contributed by atoms with Crippen molar-refractivity contribution in [1.82, 2.24) is 5.32 Å². The Bertz CT molecular complexity index is 691. The number of nitro groups is 1. The molecule has 126 valence electrons. The molecule has 0 bridgehead atoms. The number of hydrogen-bond donors (Lipinski definition) is 4. The van der Waals surface area contributed by atoms with Gasteiger partial charge in [-0.1, -0.05) is 18.2 Å². The quantitative estimate of drug-likeness (QED) is 0.474. The Morgan fingerprint density at radius 2 is 1.75 bits per heavy atom. The number of para-hydroxylation sites is 1. The number of aliphatic hydroxyl groups excluding tert-OH is 2. The van der Waals surface area contributed by atoms with Crippen molar-refractivity contribution in [2.45, 2.75) is 12.1 Å². The number of anilines is 1. The first-order valence-electron chi connectivity index (χ1n) is 7.17. The second-order valence-corrected chi connectivity index (χ2v) is 5.05. The monoisotopic (exact) mass is 331 g/mol. The maximum atomic E-state index is 11.9. The minimum atomic E-state index is -1.21. The van der Waals surface area contributed by atoms with Gasteiger partial charge in [0, 0.05) is 17.8 Å². The molecule has 0 saturated carbocycles. The largest absolute Gasteiger partial charge is 0.394 e. The molecule has 0 heterocycles. The molecular weight excluding hydrogens is 314 g/mol. The molecule has 24 heavy (non-hydrogen) atoms. The van der Waals surface area contributed by atoms with Crippen molar-refractivity contribution < 1.29 is 19.9 Å². The van der Waals surface area contributed by atoms with E-state index in [2.05, 4.69) is 10.6 Å². The third-order valence-corrected chi connectivity index (χ3v) is 3.37. The van der Waals surface area contributed by atoms with Crippen molar-refractivity contribution in [2.75, 3.05) is 11.9 Å². The molecule has 0 aliphatic heterocycles. The first-order chi connectivity index (χ1) is 11.5. The zero-order valence-corrected chi connectivity index (χ0v) is 12.6. The van der Waals surface area contributed by atoms with Gasteiger partial charge in [0.25, 0.3) is 5.69 Å². The number of amides is 2. The molecule has 8 nitrogen and oxygen atoms in total. The van der Waals surface area contributed by atoms with Crippen LogP contribution in [0.25, 0.3) is 0 Å². The third kappa shape index (κ3) is 4.51. The molecule has 0 radical (unpaired) electrons. The fourth-order valence-electron chi connectivity index (χ4n) is 2.11. The SMILES string of the molecule is O=C(Nc1ccccc1)N[C@@H](CO)[C@H](O)c1ccc([N+](=O)[O-])cc1. The van der Waals surface area contributed by atoms with E-state index >= 15 is 0 Å². The molecule has 0 saturated heterocycles. The number of rotatable bonds is 6. The lowest BCUT2D eigenvalue weighted by Gasteiger charge is -2.22. The van der Waals surface area contributed by atoms with E-state index in [-0.39, 0.29) is 5.69 Å². The van der Waals surface area contributed by atoms with E-state index in [4.69, 9.17) is 0 Å². The van der Waals surface area contributed by atoms with Gasteiger partial charge in [0.1, 0.15) is 6.10 Å². The van der Waals surface area contributed by atoms with Gasteiger partial charge in [-0.25, -0.2) is 4.79 Å². The first kappa shape index (κ1) is 17.4. The number of benzene rings is 2. The highest BCUT2D eigenvalue weighted by molar-refractivity contribution is 5.89. The zero-order valence-electron chi connectivity index (χ0n) is 12.6. The van der Waals surface area contributed by atoms with Crippen LogP contribution in [0.5, 0.6) is 0 Å². The smallest absolute Gasteiger partial charge is 0.319 e. The third-order valence-electron chi connectivity index (χ3n) is 3.37. The number of hydrogen-bond acceptors (Lipinski definition) is 5. The summed E-state index contributed by atoms with van der Waals surface area (Å²) < 4.78 is 0. The number of aliphatic hydroxyl groups is 2. The van der Waals surface area contributed by atoms with E-state index in [1.807, 2.05) is 0 Å². The summed E-state index contributed by atoms with van der Waals surface area (Å²) in [5.41, 5.74) is 0.803. The molecule has 0 aliphatic rings. The minimum Gasteiger partial charge on any atom is -0.394 e. The van der Waals surface area contributed by atoms with Gasteiger partial charge in [-0.2, -0.15) is 0 Å². The predicted molar refractivity (Wildman–Crippen MR) is 87.5 cm³/mol. The van der Waals surface area contributed by atoms with Crippen molar-refractivity contribution in [3.63, 3.8) is 0 Å². The standard InChI is InChI=1S/C16H17N3O5/c20-10-14(18-16(22)17-12-4-2-1-3-5-12)15(21)11-6-8-13(9-7-11)19(23)24/h1-9,14-15,20-21H,10H2,(H2,17,18,22)/t14-,15+/m0/s1. The summed E-state index contributed by atoms with van der Waals surface area (Å²) in [4.78, 5) is 22.0. The molecule has 2 amide bonds. The van der Waals surface area contributed by atoms with Gasteiger partial charge in [0.15, 0.2) is 0 Å². The number of carbonyl (C=O) groups is 1. The van der Waals surface area contributed by atoms with Gasteiger partial charge in [-0.3, -0.25) is 10.1 Å². The van der Waals surface area contributed by atoms with Crippen molar-refractivity contribution in [3.8, 4) is 0 Å². The Morgan fingerprint density at radius 1 is 1.12 bits per heavy atom. The average Bonchev–Trinajstić information content (AvgIpc) is 2.60. The van der Waals surface area contributed by atoms with Crippen molar-refractivity contribution >= 4 is 17.4 Å². The number of non-ortho nitro benzene ring substituents is 1. The van der Waals surface area contributed by atoms with Crippen LogP contribution in [0, 0.1) is 10.1 Å². The maximum Gasteiger partial charge on any atom is 0.319 e. The summed E-state index contributed by atoms with van der Waals surface area (Å²) in [7, 11) is 0. The normalized spacial score (nSPS) is 12.9. The number of carbonyl (C=O) groups excluding carboxylic acids is 1. The van der Waals surface area contributed by atoms with Gasteiger partial charge in [-0.15, -0.1) is 0 Å². The molecular formula is C16H17N3O5. The molecule has 2 aromatic rings. The molecule has 0 aliphatic carbocycles. The Labute approximate surface area is 137 Å². The van der Waals surface area contributed by atoms with Crippen molar-refractivity contribution in [3.05, 3.63) is 70.3 Å². The van der Waals surface area contributed by atoms with Crippen LogP contribution >= 0.6 is 0 Å². The Balaban J connectivity index is 2.01. The molecule has 0 aromatic heterocycles. The van der Waals surface area contributed by atoms with Crippen LogP contribution in [0.2, 0.25) is 0 Å². The van der Waals surface area contributed by atoms with Crippen LogP contribution in [0.15, 0.2) is 54.6 Å². The zero-order chi connectivity index (χ0) is 17.5. The van der Waals surface area contributed by atoms with Gasteiger partial charge in [-0.05, 0) is 29.8 Å². The fraction of sp³-hybridized carbons (Fsp3) is 0.188. The second-order valence-electron chi connectivity index (χ2n) is 5.05. The van der Waals surface area contributed by atoms with E-state index < -0.39 is 29.7 Å². The minimum absolute atomic E-state index is 0.110. The summed E-state index contributed by atoms with van der Waals surface area (Å²) in [5.74, 6) is 0. The summed E-state index contributed by atoms with van der Waals surface area (Å²) in [6, 6.07) is 12.4. The number of nitro benzene ring substituents is 1. The average molecular weight is 331 g/mol. The predicted octanol–water partition coefficient (Wildman–Crippen LogP) is 1.81. The molecule has 2 aromatic carbocycles.